The van der Waals surface area contributed by atoms with Crippen molar-refractivity contribution in [2.24, 2.45) is 0 Å². The van der Waals surface area contributed by atoms with Crippen LogP contribution in [0.3, 0.4) is 0 Å². The van der Waals surface area contributed by atoms with Crippen LogP contribution in [0.5, 0.6) is 0 Å². The second-order valence-corrected chi connectivity index (χ2v) is 5.32. The van der Waals surface area contributed by atoms with Crippen LogP contribution in [0.15, 0.2) is 0 Å². The SMILES string of the molecule is CC(C)N1CCC(OC2CCCC[N]2)CC1. The van der Waals surface area contributed by atoms with E-state index in [4.69, 9.17) is 4.74 Å². The molecule has 0 aromatic rings. The molecular weight excluding hydrogens is 200 g/mol. The van der Waals surface area contributed by atoms with Crippen molar-refractivity contribution in [1.82, 2.24) is 10.2 Å². The van der Waals surface area contributed by atoms with E-state index in [0.29, 0.717) is 12.1 Å². The fraction of sp³-hybridized carbons (Fsp3) is 1.00. The summed E-state index contributed by atoms with van der Waals surface area (Å²) in [6, 6.07) is 0.681. The average Bonchev–Trinajstić information content (AvgIpc) is 2.31. The minimum Gasteiger partial charge on any atom is -0.359 e. The van der Waals surface area contributed by atoms with Gasteiger partial charge in [0.15, 0.2) is 0 Å². The first kappa shape index (κ1) is 12.3. The van der Waals surface area contributed by atoms with Gasteiger partial charge in [0, 0.05) is 25.7 Å². The fourth-order valence-electron chi connectivity index (χ4n) is 2.62. The molecule has 0 aliphatic carbocycles. The van der Waals surface area contributed by atoms with Gasteiger partial charge in [0.05, 0.1) is 6.10 Å². The van der Waals surface area contributed by atoms with Crippen LogP contribution in [0, 0.1) is 0 Å². The molecule has 2 aliphatic heterocycles. The highest BCUT2D eigenvalue weighted by molar-refractivity contribution is 4.76. The third kappa shape index (κ3) is 3.44. The lowest BCUT2D eigenvalue weighted by molar-refractivity contribution is -0.0707. The zero-order valence-electron chi connectivity index (χ0n) is 10.7. The molecular formula is C13H25N2O. The second-order valence-electron chi connectivity index (χ2n) is 5.32. The Bertz CT molecular complexity index is 194. The highest BCUT2D eigenvalue weighted by atomic mass is 16.5. The van der Waals surface area contributed by atoms with E-state index in [1.165, 1.54) is 38.8 Å². The fourth-order valence-corrected chi connectivity index (χ4v) is 2.62. The number of hydrogen-bond donors (Lipinski definition) is 0. The summed E-state index contributed by atoms with van der Waals surface area (Å²) in [5.41, 5.74) is 0. The van der Waals surface area contributed by atoms with Gasteiger partial charge in [-0.25, -0.2) is 5.32 Å². The summed E-state index contributed by atoms with van der Waals surface area (Å²) >= 11 is 0. The van der Waals surface area contributed by atoms with Crippen LogP contribution < -0.4 is 5.32 Å². The number of piperidine rings is 2. The Kier molecular flexibility index (Phi) is 4.62. The smallest absolute Gasteiger partial charge is 0.123 e. The maximum atomic E-state index is 6.07. The minimum atomic E-state index is 0.212. The molecule has 2 fully saturated rings. The van der Waals surface area contributed by atoms with Crippen LogP contribution in [0.2, 0.25) is 0 Å². The van der Waals surface area contributed by atoms with Gasteiger partial charge >= 0.3 is 0 Å². The lowest BCUT2D eigenvalue weighted by atomic mass is 10.1. The lowest BCUT2D eigenvalue weighted by Gasteiger charge is -2.36. The predicted octanol–water partition coefficient (Wildman–Crippen LogP) is 1.99. The molecule has 0 bridgehead atoms. The van der Waals surface area contributed by atoms with E-state index < -0.39 is 0 Å². The molecule has 3 nitrogen and oxygen atoms in total. The highest BCUT2D eigenvalue weighted by Gasteiger charge is 2.24. The molecule has 2 saturated heterocycles. The Morgan fingerprint density at radius 1 is 1.12 bits per heavy atom. The van der Waals surface area contributed by atoms with E-state index in [-0.39, 0.29) is 6.23 Å². The molecule has 1 unspecified atom stereocenters. The number of rotatable bonds is 3. The Morgan fingerprint density at radius 3 is 2.44 bits per heavy atom. The monoisotopic (exact) mass is 225 g/mol. The molecule has 0 saturated carbocycles. The minimum absolute atomic E-state index is 0.212. The van der Waals surface area contributed by atoms with Crippen molar-refractivity contribution in [3.63, 3.8) is 0 Å². The Morgan fingerprint density at radius 2 is 1.88 bits per heavy atom. The second kappa shape index (κ2) is 5.99. The average molecular weight is 225 g/mol. The van der Waals surface area contributed by atoms with Gasteiger partial charge in [0.25, 0.3) is 0 Å². The molecule has 0 spiro atoms. The first-order chi connectivity index (χ1) is 7.75. The number of hydrogen-bond acceptors (Lipinski definition) is 2. The molecule has 0 aromatic heterocycles. The zero-order chi connectivity index (χ0) is 11.4. The molecule has 0 aromatic carbocycles. The van der Waals surface area contributed by atoms with Crippen LogP contribution in [0.25, 0.3) is 0 Å². The number of nitrogens with zero attached hydrogens (tertiary/aromatic N) is 2. The predicted molar refractivity (Wildman–Crippen MR) is 65.5 cm³/mol. The summed E-state index contributed by atoms with van der Waals surface area (Å²) in [5, 5.41) is 4.54. The summed E-state index contributed by atoms with van der Waals surface area (Å²) in [7, 11) is 0. The summed E-state index contributed by atoms with van der Waals surface area (Å²) in [4.78, 5) is 2.54. The number of ether oxygens (including phenoxy) is 1. The summed E-state index contributed by atoms with van der Waals surface area (Å²) in [6.45, 7) is 7.94. The van der Waals surface area contributed by atoms with Crippen LogP contribution >= 0.6 is 0 Å². The van der Waals surface area contributed by atoms with E-state index in [9.17, 15) is 0 Å². The standard InChI is InChI=1S/C13H25N2O/c1-11(2)15-9-6-12(7-10-15)16-13-5-3-4-8-14-13/h11-13H,3-10H2,1-2H3. The van der Waals surface area contributed by atoms with Gasteiger partial charge in [-0.15, -0.1) is 0 Å². The van der Waals surface area contributed by atoms with E-state index in [1.807, 2.05) is 0 Å². The topological polar surface area (TPSA) is 26.6 Å². The van der Waals surface area contributed by atoms with Gasteiger partial charge < -0.3 is 9.64 Å². The third-order valence-electron chi connectivity index (χ3n) is 3.75. The molecule has 1 atom stereocenters. The van der Waals surface area contributed by atoms with Gasteiger partial charge in [-0.2, -0.15) is 0 Å². The first-order valence-corrected chi connectivity index (χ1v) is 6.82. The van der Waals surface area contributed by atoms with Gasteiger partial charge in [-0.1, -0.05) is 0 Å². The largest absolute Gasteiger partial charge is 0.359 e. The molecule has 16 heavy (non-hydrogen) atoms. The van der Waals surface area contributed by atoms with Crippen molar-refractivity contribution in [3.05, 3.63) is 0 Å². The maximum absolute atomic E-state index is 6.07. The maximum Gasteiger partial charge on any atom is 0.123 e. The van der Waals surface area contributed by atoms with E-state index in [2.05, 4.69) is 24.1 Å². The van der Waals surface area contributed by atoms with Crippen molar-refractivity contribution >= 4 is 0 Å². The molecule has 0 N–H and O–H groups in total. The van der Waals surface area contributed by atoms with Crippen molar-refractivity contribution in [1.29, 1.82) is 0 Å². The lowest BCUT2D eigenvalue weighted by Crippen LogP contribution is -2.43. The third-order valence-corrected chi connectivity index (χ3v) is 3.75. The van der Waals surface area contributed by atoms with Crippen molar-refractivity contribution in [2.75, 3.05) is 19.6 Å². The number of likely N-dealkylation sites (tertiary alicyclic amines) is 1. The molecule has 2 aliphatic rings. The van der Waals surface area contributed by atoms with Crippen LogP contribution in [0.1, 0.15) is 46.0 Å². The quantitative estimate of drug-likeness (QED) is 0.734. The molecule has 0 amide bonds. The van der Waals surface area contributed by atoms with Gasteiger partial charge in [0.2, 0.25) is 0 Å². The Hall–Kier alpha value is -0.120. The highest BCUT2D eigenvalue weighted by Crippen LogP contribution is 2.19. The van der Waals surface area contributed by atoms with E-state index >= 15 is 0 Å². The van der Waals surface area contributed by atoms with Crippen molar-refractivity contribution < 1.29 is 4.74 Å². The Balaban J connectivity index is 1.68. The molecule has 3 heteroatoms. The van der Waals surface area contributed by atoms with Gasteiger partial charge in [-0.3, -0.25) is 0 Å². The molecule has 1 radical (unpaired) electrons. The first-order valence-electron chi connectivity index (χ1n) is 6.82. The van der Waals surface area contributed by atoms with Crippen molar-refractivity contribution in [2.45, 2.75) is 64.3 Å². The van der Waals surface area contributed by atoms with Gasteiger partial charge in [-0.05, 0) is 46.0 Å². The van der Waals surface area contributed by atoms with Crippen LogP contribution in [-0.2, 0) is 4.74 Å². The molecule has 93 valence electrons. The molecule has 2 rings (SSSR count). The van der Waals surface area contributed by atoms with E-state index in [1.54, 1.807) is 0 Å². The van der Waals surface area contributed by atoms with Crippen molar-refractivity contribution in [3.8, 4) is 0 Å². The normalized spacial score (nSPS) is 29.8. The van der Waals surface area contributed by atoms with E-state index in [0.717, 1.165) is 13.0 Å². The van der Waals surface area contributed by atoms with Crippen LogP contribution in [0.4, 0.5) is 0 Å². The summed E-state index contributed by atoms with van der Waals surface area (Å²) in [6.07, 6.45) is 6.73. The molecule has 2 heterocycles. The Labute approximate surface area is 99.5 Å². The summed E-state index contributed by atoms with van der Waals surface area (Å²) < 4.78 is 6.07. The zero-order valence-corrected chi connectivity index (χ0v) is 10.7. The van der Waals surface area contributed by atoms with Gasteiger partial charge in [0.1, 0.15) is 6.23 Å². The van der Waals surface area contributed by atoms with Crippen LogP contribution in [-0.4, -0.2) is 42.9 Å². The summed E-state index contributed by atoms with van der Waals surface area (Å²) in [5.74, 6) is 0.